The summed E-state index contributed by atoms with van der Waals surface area (Å²) in [7, 11) is 2.03. The van der Waals surface area contributed by atoms with Gasteiger partial charge in [0.1, 0.15) is 0 Å². The summed E-state index contributed by atoms with van der Waals surface area (Å²) in [6.07, 6.45) is 0. The maximum absolute atomic E-state index is 4.23. The van der Waals surface area contributed by atoms with Crippen molar-refractivity contribution in [2.24, 2.45) is 5.92 Å². The molecule has 4 nitrogen and oxygen atoms in total. The van der Waals surface area contributed by atoms with Crippen molar-refractivity contribution < 1.29 is 0 Å². The predicted octanol–water partition coefficient (Wildman–Crippen LogP) is 2.07. The molecule has 0 saturated heterocycles. The molecule has 1 aromatic heterocycles. The third-order valence-electron chi connectivity index (χ3n) is 2.70. The first kappa shape index (κ1) is 13.9. The molecule has 0 aliphatic rings. The van der Waals surface area contributed by atoms with Crippen molar-refractivity contribution in [3.63, 3.8) is 0 Å². The zero-order valence-corrected chi connectivity index (χ0v) is 11.6. The van der Waals surface area contributed by atoms with E-state index in [0.717, 1.165) is 24.6 Å². The molecule has 1 rings (SSSR count). The molecule has 1 N–H and O–H groups in total. The van der Waals surface area contributed by atoms with Crippen molar-refractivity contribution in [1.82, 2.24) is 15.5 Å². The molecule has 0 saturated carbocycles. The Morgan fingerprint density at radius 1 is 1.18 bits per heavy atom. The van der Waals surface area contributed by atoms with E-state index in [2.05, 4.69) is 48.1 Å². The number of hydrogen-bond donors (Lipinski definition) is 1. The summed E-state index contributed by atoms with van der Waals surface area (Å²) in [6, 6.07) is 4.50. The molecule has 1 aromatic rings. The molecule has 0 fully saturated rings. The van der Waals surface area contributed by atoms with Gasteiger partial charge in [-0.3, -0.25) is 0 Å². The number of hydrogen-bond acceptors (Lipinski definition) is 4. The van der Waals surface area contributed by atoms with Crippen LogP contribution in [0.1, 0.15) is 33.4 Å². The molecule has 0 atom stereocenters. The summed E-state index contributed by atoms with van der Waals surface area (Å²) in [6.45, 7) is 10.5. The number of anilines is 1. The van der Waals surface area contributed by atoms with Crippen LogP contribution in [0.25, 0.3) is 0 Å². The summed E-state index contributed by atoms with van der Waals surface area (Å²) < 4.78 is 0. The third kappa shape index (κ3) is 4.69. The van der Waals surface area contributed by atoms with Gasteiger partial charge >= 0.3 is 0 Å². The minimum Gasteiger partial charge on any atom is -0.356 e. The monoisotopic (exact) mass is 236 g/mol. The highest BCUT2D eigenvalue weighted by Gasteiger charge is 2.06. The molecule has 0 spiro atoms. The highest BCUT2D eigenvalue weighted by molar-refractivity contribution is 5.36. The molecule has 4 heteroatoms. The first-order chi connectivity index (χ1) is 8.00. The molecule has 17 heavy (non-hydrogen) atoms. The van der Waals surface area contributed by atoms with Crippen LogP contribution >= 0.6 is 0 Å². The summed E-state index contributed by atoms with van der Waals surface area (Å²) in [5, 5.41) is 11.8. The quantitative estimate of drug-likeness (QED) is 0.821. The van der Waals surface area contributed by atoms with E-state index in [0.29, 0.717) is 12.0 Å². The van der Waals surface area contributed by atoms with Crippen molar-refractivity contribution in [2.45, 2.75) is 40.3 Å². The second-order valence-electron chi connectivity index (χ2n) is 5.11. The molecule has 0 aromatic carbocycles. The van der Waals surface area contributed by atoms with Gasteiger partial charge in [0.25, 0.3) is 0 Å². The Morgan fingerprint density at radius 3 is 2.35 bits per heavy atom. The van der Waals surface area contributed by atoms with E-state index in [1.165, 1.54) is 0 Å². The lowest BCUT2D eigenvalue weighted by molar-refractivity contribution is 0.546. The average Bonchev–Trinajstić information content (AvgIpc) is 2.28. The fourth-order valence-electron chi connectivity index (χ4n) is 1.39. The molecular formula is C13H24N4. The zero-order valence-electron chi connectivity index (χ0n) is 11.6. The van der Waals surface area contributed by atoms with Crippen LogP contribution in [0.2, 0.25) is 0 Å². The van der Waals surface area contributed by atoms with E-state index in [4.69, 9.17) is 0 Å². The smallest absolute Gasteiger partial charge is 0.151 e. The van der Waals surface area contributed by atoms with Crippen molar-refractivity contribution in [3.8, 4) is 0 Å². The average molecular weight is 236 g/mol. The van der Waals surface area contributed by atoms with Crippen LogP contribution < -0.4 is 10.2 Å². The normalized spacial score (nSPS) is 11.2. The highest BCUT2D eigenvalue weighted by atomic mass is 15.3. The number of nitrogens with one attached hydrogen (secondary N) is 1. The molecule has 0 aliphatic heterocycles. The number of rotatable bonds is 6. The van der Waals surface area contributed by atoms with Crippen molar-refractivity contribution in [1.29, 1.82) is 0 Å². The van der Waals surface area contributed by atoms with Crippen molar-refractivity contribution >= 4 is 5.82 Å². The largest absolute Gasteiger partial charge is 0.356 e. The first-order valence-electron chi connectivity index (χ1n) is 6.27. The zero-order chi connectivity index (χ0) is 12.8. The molecule has 0 amide bonds. The fourth-order valence-corrected chi connectivity index (χ4v) is 1.39. The molecule has 1 heterocycles. The first-order valence-corrected chi connectivity index (χ1v) is 6.27. The lowest BCUT2D eigenvalue weighted by Gasteiger charge is -2.21. The van der Waals surface area contributed by atoms with Gasteiger partial charge in [0.05, 0.1) is 5.69 Å². The SMILES string of the molecule is CC(C)CNCc1ccc(N(C)C(C)C)nn1. The van der Waals surface area contributed by atoms with E-state index >= 15 is 0 Å². The van der Waals surface area contributed by atoms with Gasteiger partial charge in [-0.1, -0.05) is 13.8 Å². The third-order valence-corrected chi connectivity index (χ3v) is 2.70. The van der Waals surface area contributed by atoms with Crippen LogP contribution in [-0.2, 0) is 6.54 Å². The van der Waals surface area contributed by atoms with Gasteiger partial charge in [-0.05, 0) is 38.4 Å². The van der Waals surface area contributed by atoms with Crippen LogP contribution in [-0.4, -0.2) is 29.8 Å². The van der Waals surface area contributed by atoms with Crippen molar-refractivity contribution in [2.75, 3.05) is 18.5 Å². The van der Waals surface area contributed by atoms with Crippen LogP contribution in [0.4, 0.5) is 5.82 Å². The maximum Gasteiger partial charge on any atom is 0.151 e. The van der Waals surface area contributed by atoms with Gasteiger partial charge in [0.15, 0.2) is 5.82 Å². The second-order valence-corrected chi connectivity index (χ2v) is 5.11. The van der Waals surface area contributed by atoms with Crippen LogP contribution in [0, 0.1) is 5.92 Å². The number of aromatic nitrogens is 2. The van der Waals surface area contributed by atoms with E-state index in [9.17, 15) is 0 Å². The molecule has 0 radical (unpaired) electrons. The Bertz CT molecular complexity index is 319. The summed E-state index contributed by atoms with van der Waals surface area (Å²) in [4.78, 5) is 2.11. The summed E-state index contributed by atoms with van der Waals surface area (Å²) in [5.41, 5.74) is 0.992. The maximum atomic E-state index is 4.23. The topological polar surface area (TPSA) is 41.0 Å². The van der Waals surface area contributed by atoms with Crippen LogP contribution in [0.15, 0.2) is 12.1 Å². The van der Waals surface area contributed by atoms with Crippen LogP contribution in [0.5, 0.6) is 0 Å². The highest BCUT2D eigenvalue weighted by Crippen LogP contribution is 2.10. The van der Waals surface area contributed by atoms with Crippen molar-refractivity contribution in [3.05, 3.63) is 17.8 Å². The molecule has 0 unspecified atom stereocenters. The lowest BCUT2D eigenvalue weighted by Crippen LogP contribution is -2.27. The van der Waals surface area contributed by atoms with E-state index in [-0.39, 0.29) is 0 Å². The predicted molar refractivity (Wildman–Crippen MR) is 72.1 cm³/mol. The van der Waals surface area contributed by atoms with Gasteiger partial charge in [-0.2, -0.15) is 5.10 Å². The molecule has 0 bridgehead atoms. The van der Waals surface area contributed by atoms with Gasteiger partial charge < -0.3 is 10.2 Å². The van der Waals surface area contributed by atoms with Gasteiger partial charge in [0, 0.05) is 19.6 Å². The number of nitrogens with zero attached hydrogens (tertiary/aromatic N) is 3. The Morgan fingerprint density at radius 2 is 1.88 bits per heavy atom. The van der Waals surface area contributed by atoms with Crippen LogP contribution in [0.3, 0.4) is 0 Å². The minimum atomic E-state index is 0.439. The Balaban J connectivity index is 2.50. The molecule has 0 aliphatic carbocycles. The summed E-state index contributed by atoms with van der Waals surface area (Å²) in [5.74, 6) is 1.59. The van der Waals surface area contributed by atoms with Gasteiger partial charge in [-0.15, -0.1) is 5.10 Å². The fraction of sp³-hybridized carbons (Fsp3) is 0.692. The van der Waals surface area contributed by atoms with E-state index in [1.54, 1.807) is 0 Å². The Kier molecular flexibility index (Phi) is 5.35. The Labute approximate surface area is 104 Å². The van der Waals surface area contributed by atoms with E-state index in [1.807, 2.05) is 19.2 Å². The lowest BCUT2D eigenvalue weighted by atomic mass is 10.2. The molecular weight excluding hydrogens is 212 g/mol. The molecule has 96 valence electrons. The Hall–Kier alpha value is -1.16. The minimum absolute atomic E-state index is 0.439. The standard InChI is InChI=1S/C13H24N4/c1-10(2)8-14-9-12-6-7-13(16-15-12)17(5)11(3)4/h6-7,10-11,14H,8-9H2,1-5H3. The summed E-state index contributed by atoms with van der Waals surface area (Å²) >= 11 is 0. The van der Waals surface area contributed by atoms with Gasteiger partial charge in [0.2, 0.25) is 0 Å². The van der Waals surface area contributed by atoms with E-state index < -0.39 is 0 Å². The van der Waals surface area contributed by atoms with Gasteiger partial charge in [-0.25, -0.2) is 0 Å². The second kappa shape index (κ2) is 6.55.